The summed E-state index contributed by atoms with van der Waals surface area (Å²) in [6.07, 6.45) is 6.22. The Morgan fingerprint density at radius 1 is 1.39 bits per heavy atom. The van der Waals surface area contributed by atoms with Crippen molar-refractivity contribution in [2.45, 2.75) is 45.4 Å². The number of halogens is 2. The zero-order chi connectivity index (χ0) is 19.9. The van der Waals surface area contributed by atoms with Crippen LogP contribution in [-0.2, 0) is 17.8 Å². The monoisotopic (exact) mass is 392 g/mol. The fourth-order valence-electron chi connectivity index (χ4n) is 3.24. The molecule has 1 atom stereocenters. The molecule has 1 aliphatic heterocycles. The first-order valence-electron chi connectivity index (χ1n) is 9.65. The Kier molecular flexibility index (Phi) is 6.97. The van der Waals surface area contributed by atoms with E-state index < -0.39 is 11.6 Å². The predicted octanol–water partition coefficient (Wildman–Crippen LogP) is 3.31. The summed E-state index contributed by atoms with van der Waals surface area (Å²) >= 11 is 0. The third-order valence-corrected chi connectivity index (χ3v) is 4.73. The number of nitrogens with zero attached hydrogens (tertiary/aromatic N) is 3. The fraction of sp³-hybridized carbons (Fsp3) is 0.500. The van der Waals surface area contributed by atoms with Gasteiger partial charge in [-0.3, -0.25) is 0 Å². The summed E-state index contributed by atoms with van der Waals surface area (Å²) in [6.45, 7) is 4.47. The normalized spacial score (nSPS) is 16.3. The van der Waals surface area contributed by atoms with Crippen LogP contribution in [-0.4, -0.2) is 46.3 Å². The Balaban J connectivity index is 1.71. The van der Waals surface area contributed by atoms with E-state index in [0.29, 0.717) is 37.6 Å². The molecule has 1 unspecified atom stereocenters. The van der Waals surface area contributed by atoms with Crippen LogP contribution in [0, 0.1) is 11.6 Å². The van der Waals surface area contributed by atoms with Crippen molar-refractivity contribution in [2.24, 2.45) is 0 Å². The lowest BCUT2D eigenvalue weighted by Gasteiger charge is -2.25. The standard InChI is InChI=1S/C20H26F2N4O2/c1-2-7-24-20(27)26(13-16-4-3-10-28-16)14-19-23-8-9-25(19)12-15-5-6-17(21)18(22)11-15/h5-6,8-9,11,16H,2-4,7,10,12-14H2,1H3,(H,24,27). The number of rotatable bonds is 8. The third-order valence-electron chi connectivity index (χ3n) is 4.73. The van der Waals surface area contributed by atoms with Crippen molar-refractivity contribution in [3.8, 4) is 0 Å². The van der Waals surface area contributed by atoms with Crippen LogP contribution in [0.25, 0.3) is 0 Å². The Labute approximate surface area is 163 Å². The molecule has 0 aliphatic carbocycles. The number of imidazole rings is 1. The van der Waals surface area contributed by atoms with Crippen molar-refractivity contribution >= 4 is 6.03 Å². The Morgan fingerprint density at radius 3 is 2.96 bits per heavy atom. The van der Waals surface area contributed by atoms with E-state index in [4.69, 9.17) is 4.74 Å². The van der Waals surface area contributed by atoms with Gasteiger partial charge in [0, 0.05) is 38.6 Å². The molecule has 1 aliphatic rings. The van der Waals surface area contributed by atoms with Gasteiger partial charge in [0.05, 0.1) is 12.6 Å². The van der Waals surface area contributed by atoms with Gasteiger partial charge in [0.25, 0.3) is 0 Å². The lowest BCUT2D eigenvalue weighted by molar-refractivity contribution is 0.0786. The van der Waals surface area contributed by atoms with Gasteiger partial charge >= 0.3 is 6.03 Å². The van der Waals surface area contributed by atoms with Crippen molar-refractivity contribution in [1.29, 1.82) is 0 Å². The van der Waals surface area contributed by atoms with E-state index in [9.17, 15) is 13.6 Å². The second-order valence-corrected chi connectivity index (χ2v) is 6.97. The van der Waals surface area contributed by atoms with Gasteiger partial charge in [0.15, 0.2) is 11.6 Å². The first kappa shape index (κ1) is 20.3. The SMILES string of the molecule is CCCNC(=O)N(Cc1nccn1Cc1ccc(F)c(F)c1)CC1CCCO1. The number of benzene rings is 1. The van der Waals surface area contributed by atoms with Gasteiger partial charge < -0.3 is 19.5 Å². The van der Waals surface area contributed by atoms with Gasteiger partial charge in [-0.1, -0.05) is 13.0 Å². The number of urea groups is 1. The van der Waals surface area contributed by atoms with Crippen molar-refractivity contribution in [2.75, 3.05) is 19.7 Å². The van der Waals surface area contributed by atoms with Crippen LogP contribution in [0.3, 0.4) is 0 Å². The van der Waals surface area contributed by atoms with Crippen molar-refractivity contribution in [3.05, 3.63) is 53.6 Å². The maximum Gasteiger partial charge on any atom is 0.317 e. The van der Waals surface area contributed by atoms with Gasteiger partial charge in [-0.05, 0) is 37.0 Å². The van der Waals surface area contributed by atoms with Gasteiger partial charge in [-0.15, -0.1) is 0 Å². The number of ether oxygens (including phenoxy) is 1. The number of nitrogens with one attached hydrogen (secondary N) is 1. The molecule has 1 fully saturated rings. The number of aromatic nitrogens is 2. The van der Waals surface area contributed by atoms with Crippen LogP contribution >= 0.6 is 0 Å². The van der Waals surface area contributed by atoms with Crippen LogP contribution in [0.5, 0.6) is 0 Å². The number of hydrogen-bond acceptors (Lipinski definition) is 3. The number of carbonyl (C=O) groups is 1. The summed E-state index contributed by atoms with van der Waals surface area (Å²) in [5.41, 5.74) is 0.624. The maximum absolute atomic E-state index is 13.5. The Bertz CT molecular complexity index is 790. The molecule has 1 aromatic heterocycles. The van der Waals surface area contributed by atoms with E-state index in [2.05, 4.69) is 10.3 Å². The molecule has 1 aromatic carbocycles. The first-order chi connectivity index (χ1) is 13.6. The molecule has 8 heteroatoms. The third kappa shape index (κ3) is 5.28. The lowest BCUT2D eigenvalue weighted by Crippen LogP contribution is -2.44. The molecule has 6 nitrogen and oxygen atoms in total. The highest BCUT2D eigenvalue weighted by atomic mass is 19.2. The van der Waals surface area contributed by atoms with E-state index in [0.717, 1.165) is 31.9 Å². The number of carbonyl (C=O) groups excluding carboxylic acids is 1. The highest BCUT2D eigenvalue weighted by molar-refractivity contribution is 5.74. The zero-order valence-corrected chi connectivity index (χ0v) is 16.0. The zero-order valence-electron chi connectivity index (χ0n) is 16.0. The topological polar surface area (TPSA) is 59.4 Å². The Morgan fingerprint density at radius 2 is 2.25 bits per heavy atom. The number of amides is 2. The molecular weight excluding hydrogens is 366 g/mol. The van der Waals surface area contributed by atoms with Crippen LogP contribution in [0.1, 0.15) is 37.6 Å². The molecule has 3 rings (SSSR count). The minimum Gasteiger partial charge on any atom is -0.376 e. The quantitative estimate of drug-likeness (QED) is 0.750. The summed E-state index contributed by atoms with van der Waals surface area (Å²) < 4.78 is 34.2. The summed E-state index contributed by atoms with van der Waals surface area (Å²) in [5, 5.41) is 2.90. The van der Waals surface area contributed by atoms with E-state index in [1.807, 2.05) is 11.5 Å². The molecule has 1 saturated heterocycles. The van der Waals surface area contributed by atoms with Crippen LogP contribution in [0.2, 0.25) is 0 Å². The predicted molar refractivity (Wildman–Crippen MR) is 101 cm³/mol. The molecule has 1 N–H and O–H groups in total. The molecule has 152 valence electrons. The summed E-state index contributed by atoms with van der Waals surface area (Å²) in [4.78, 5) is 18.7. The molecule has 0 spiro atoms. The van der Waals surface area contributed by atoms with Crippen molar-refractivity contribution < 1.29 is 18.3 Å². The molecule has 2 aromatic rings. The minimum atomic E-state index is -0.877. The average Bonchev–Trinajstić information content (AvgIpc) is 3.34. The molecule has 28 heavy (non-hydrogen) atoms. The van der Waals surface area contributed by atoms with Gasteiger partial charge in [-0.25, -0.2) is 18.6 Å². The molecule has 0 bridgehead atoms. The van der Waals surface area contributed by atoms with Crippen molar-refractivity contribution in [3.63, 3.8) is 0 Å². The van der Waals surface area contributed by atoms with E-state index in [-0.39, 0.29) is 12.1 Å². The van der Waals surface area contributed by atoms with Crippen molar-refractivity contribution in [1.82, 2.24) is 19.8 Å². The van der Waals surface area contributed by atoms with E-state index in [1.54, 1.807) is 23.4 Å². The summed E-state index contributed by atoms with van der Waals surface area (Å²) in [5.74, 6) is -1.07. The second kappa shape index (κ2) is 9.64. The average molecular weight is 392 g/mol. The molecule has 0 saturated carbocycles. The van der Waals surface area contributed by atoms with Crippen LogP contribution in [0.4, 0.5) is 13.6 Å². The molecule has 2 heterocycles. The number of hydrogen-bond donors (Lipinski definition) is 1. The largest absolute Gasteiger partial charge is 0.376 e. The lowest BCUT2D eigenvalue weighted by atomic mass is 10.2. The smallest absolute Gasteiger partial charge is 0.317 e. The highest BCUT2D eigenvalue weighted by Crippen LogP contribution is 2.16. The molecule has 2 amide bonds. The van der Waals surface area contributed by atoms with Gasteiger partial charge in [0.1, 0.15) is 5.82 Å². The van der Waals surface area contributed by atoms with Crippen LogP contribution < -0.4 is 5.32 Å². The van der Waals surface area contributed by atoms with Crippen LogP contribution in [0.15, 0.2) is 30.6 Å². The molecule has 0 radical (unpaired) electrons. The summed E-state index contributed by atoms with van der Waals surface area (Å²) in [6, 6.07) is 3.68. The second-order valence-electron chi connectivity index (χ2n) is 6.97. The minimum absolute atomic E-state index is 0.0296. The molecular formula is C20H26F2N4O2. The van der Waals surface area contributed by atoms with Gasteiger partial charge in [-0.2, -0.15) is 0 Å². The summed E-state index contributed by atoms with van der Waals surface area (Å²) in [7, 11) is 0. The van der Waals surface area contributed by atoms with E-state index in [1.165, 1.54) is 6.07 Å². The van der Waals surface area contributed by atoms with Gasteiger partial charge in [0.2, 0.25) is 0 Å². The fourth-order valence-corrected chi connectivity index (χ4v) is 3.24. The first-order valence-corrected chi connectivity index (χ1v) is 9.65. The Hall–Kier alpha value is -2.48. The highest BCUT2D eigenvalue weighted by Gasteiger charge is 2.24. The maximum atomic E-state index is 13.5. The van der Waals surface area contributed by atoms with E-state index >= 15 is 0 Å².